The van der Waals surface area contributed by atoms with Crippen LogP contribution in [0.3, 0.4) is 0 Å². The summed E-state index contributed by atoms with van der Waals surface area (Å²) in [5.41, 5.74) is -10.8. The maximum absolute atomic E-state index is 14.8. The van der Waals surface area contributed by atoms with Gasteiger partial charge in [0.2, 0.25) is 0 Å². The van der Waals surface area contributed by atoms with Gasteiger partial charge in [0.05, 0.1) is 55.5 Å². The van der Waals surface area contributed by atoms with Gasteiger partial charge >= 0.3 is 53.3 Å². The molecule has 0 spiro atoms. The summed E-state index contributed by atoms with van der Waals surface area (Å²) in [6.07, 6.45) is -21.0. The van der Waals surface area contributed by atoms with Gasteiger partial charge in [-0.2, -0.15) is 39.5 Å². The zero-order valence-electron chi connectivity index (χ0n) is 43.0. The van der Waals surface area contributed by atoms with E-state index in [0.29, 0.717) is 19.1 Å². The van der Waals surface area contributed by atoms with E-state index in [4.69, 9.17) is 27.5 Å². The van der Waals surface area contributed by atoms with Crippen molar-refractivity contribution in [1.82, 2.24) is 0 Å². The Kier molecular flexibility index (Phi) is 16.4. The molecule has 3 heterocycles. The minimum atomic E-state index is -6.13. The van der Waals surface area contributed by atoms with E-state index in [1.807, 2.05) is 0 Å². The van der Waals surface area contributed by atoms with E-state index < -0.39 is 154 Å². The second-order valence-corrected chi connectivity index (χ2v) is 19.1. The van der Waals surface area contributed by atoms with Crippen LogP contribution in [-0.4, -0.2) is 61.0 Å². The van der Waals surface area contributed by atoms with Crippen LogP contribution in [0.5, 0.6) is 17.2 Å². The van der Waals surface area contributed by atoms with Crippen LogP contribution in [0.15, 0.2) is 161 Å². The number of aromatic hydroxyl groups is 1. The number of esters is 3. The fourth-order valence-corrected chi connectivity index (χ4v) is 9.30. The van der Waals surface area contributed by atoms with Crippen molar-refractivity contribution >= 4 is 50.8 Å². The van der Waals surface area contributed by atoms with Crippen molar-refractivity contribution in [2.45, 2.75) is 62.7 Å². The Bertz CT molecular complexity index is 4200. The molecule has 0 bridgehead atoms. The number of hydrogen-bond donors (Lipinski definition) is 1. The van der Waals surface area contributed by atoms with Gasteiger partial charge < -0.3 is 32.6 Å². The fourth-order valence-electron chi connectivity index (χ4n) is 9.30. The molecule has 6 aromatic carbocycles. The van der Waals surface area contributed by atoms with Gasteiger partial charge in [0, 0.05) is 19.3 Å². The van der Waals surface area contributed by atoms with Crippen molar-refractivity contribution in [3.05, 3.63) is 226 Å². The average Bonchev–Trinajstić information content (AvgIpc) is 1.73. The van der Waals surface area contributed by atoms with Gasteiger partial charge in [-0.1, -0.05) is 72.8 Å². The average molecular weight is 1180 g/mol. The van der Waals surface area contributed by atoms with Crippen molar-refractivity contribution in [3.63, 3.8) is 0 Å². The molecule has 9 rings (SSSR count). The predicted octanol–water partition coefficient (Wildman–Crippen LogP) is 13.3. The van der Waals surface area contributed by atoms with Crippen molar-refractivity contribution in [1.29, 1.82) is 0 Å². The van der Waals surface area contributed by atoms with Gasteiger partial charge in [-0.3, -0.25) is 0 Å². The van der Waals surface area contributed by atoms with Gasteiger partial charge in [-0.15, -0.1) is 0 Å². The molecule has 13 nitrogen and oxygen atoms in total. The maximum Gasteiger partial charge on any atom is 0.404 e. The van der Waals surface area contributed by atoms with E-state index in [2.05, 4.69) is 0 Å². The number of rotatable bonds is 16. The number of carbonyl (C=O) groups excluding carboxylic acids is 3. The largest absolute Gasteiger partial charge is 0.507 e. The maximum atomic E-state index is 14.8. The van der Waals surface area contributed by atoms with Crippen LogP contribution in [0.2, 0.25) is 0 Å². The highest BCUT2D eigenvalue weighted by molar-refractivity contribution is 5.98. The van der Waals surface area contributed by atoms with Gasteiger partial charge in [0.25, 0.3) is 0 Å². The lowest BCUT2D eigenvalue weighted by atomic mass is 9.89. The molecule has 24 heteroatoms. The number of hydrogen-bond acceptors (Lipinski definition) is 13. The normalized spacial score (nSPS) is 12.5. The van der Waals surface area contributed by atoms with E-state index in [9.17, 15) is 82.2 Å². The third-order valence-electron chi connectivity index (χ3n) is 13.5. The molecule has 1 N–H and O–H groups in total. The lowest BCUT2D eigenvalue weighted by molar-refractivity contribution is -0.253. The number of para-hydroxylation sites is 3. The summed E-state index contributed by atoms with van der Waals surface area (Å²) < 4.78 is 191. The monoisotopic (exact) mass is 1180 g/mol. The van der Waals surface area contributed by atoms with Gasteiger partial charge in [0.15, 0.2) is 23.5 Å². The number of fused-ring (bicyclic) bond motifs is 3. The first-order valence-electron chi connectivity index (χ1n) is 24.9. The van der Waals surface area contributed by atoms with Gasteiger partial charge in [0.1, 0.15) is 35.8 Å². The number of carbonyl (C=O) groups is 3. The van der Waals surface area contributed by atoms with Crippen LogP contribution >= 0.6 is 0 Å². The molecule has 0 radical (unpaired) electrons. The van der Waals surface area contributed by atoms with E-state index in [0.717, 1.165) is 24.3 Å². The van der Waals surface area contributed by atoms with Crippen LogP contribution < -0.4 is 26.4 Å². The second-order valence-electron chi connectivity index (χ2n) is 19.1. The van der Waals surface area contributed by atoms with Crippen molar-refractivity contribution in [2.75, 3.05) is 13.3 Å². The molecule has 0 aliphatic heterocycles. The highest BCUT2D eigenvalue weighted by atomic mass is 19.4. The van der Waals surface area contributed by atoms with E-state index in [1.165, 1.54) is 97.1 Å². The quantitative estimate of drug-likeness (QED) is 0.0547. The van der Waals surface area contributed by atoms with E-state index in [1.54, 1.807) is 0 Å². The zero-order valence-corrected chi connectivity index (χ0v) is 43.0. The molecule has 3 aromatic heterocycles. The Morgan fingerprint density at radius 2 is 0.881 bits per heavy atom. The summed E-state index contributed by atoms with van der Waals surface area (Å²) in [6, 6.07) is 25.9. The molecule has 0 saturated carbocycles. The molecule has 9 aromatic rings. The minimum absolute atomic E-state index is 0.00199. The molecule has 0 aliphatic carbocycles. The lowest BCUT2D eigenvalue weighted by Crippen LogP contribution is -2.35. The molecular formula is C60H39F11O13. The van der Waals surface area contributed by atoms with Crippen LogP contribution in [-0.2, 0) is 24.0 Å². The first-order chi connectivity index (χ1) is 39.7. The summed E-state index contributed by atoms with van der Waals surface area (Å²) in [5.74, 6) is -13.2. The number of benzene rings is 6. The summed E-state index contributed by atoms with van der Waals surface area (Å²) in [4.78, 5) is 81.5. The number of halogens is 11. The first-order valence-corrected chi connectivity index (χ1v) is 24.9. The second kappa shape index (κ2) is 23.3. The van der Waals surface area contributed by atoms with Crippen LogP contribution in [0, 0.1) is 0 Å². The smallest absolute Gasteiger partial charge is 0.404 e. The molecule has 434 valence electrons. The standard InChI is InChI=1S/C60H39F11O13/c1-29(58(63,64)65)40-23-31(16-20-35(40)53(74)83-49-38-9-3-6-12-46(38)81-56(77)43(49)22-30-14-18-33(19-15-30)52(73)79-34(27-61)28-62)26-44-50(39-10-4-7-13-47(39)82-57(44)78)84-54(75)36-21-17-32(24-41(36)51(59(66,67)68)60(69,70)71)25-42-48(72)37-8-2-5-11-45(37)80-55(42)76/h2-21,23-24,29,34,51,72H,22,25-28H2,1H3. The number of ether oxygens (including phenoxy) is 3. The van der Waals surface area contributed by atoms with Gasteiger partial charge in [-0.25, -0.2) is 37.5 Å². The third kappa shape index (κ3) is 12.3. The Morgan fingerprint density at radius 1 is 0.488 bits per heavy atom. The van der Waals surface area contributed by atoms with E-state index >= 15 is 0 Å². The van der Waals surface area contributed by atoms with Crippen LogP contribution in [0.1, 0.15) is 94.3 Å². The van der Waals surface area contributed by atoms with E-state index in [-0.39, 0.29) is 61.6 Å². The molecule has 84 heavy (non-hydrogen) atoms. The number of alkyl halides is 11. The molecular weight excluding hydrogens is 1140 g/mol. The summed E-state index contributed by atoms with van der Waals surface area (Å²) in [7, 11) is 0. The molecule has 0 aliphatic rings. The molecule has 1 atom stereocenters. The third-order valence-corrected chi connectivity index (χ3v) is 13.5. The summed E-state index contributed by atoms with van der Waals surface area (Å²) >= 11 is 0. The highest BCUT2D eigenvalue weighted by Crippen LogP contribution is 2.48. The van der Waals surface area contributed by atoms with Gasteiger partial charge in [-0.05, 0) is 95.4 Å². The minimum Gasteiger partial charge on any atom is -0.507 e. The zero-order chi connectivity index (χ0) is 60.6. The Hall–Kier alpha value is -9.61. The van der Waals surface area contributed by atoms with Crippen LogP contribution in [0.4, 0.5) is 48.3 Å². The Morgan fingerprint density at radius 3 is 1.35 bits per heavy atom. The molecule has 0 amide bonds. The highest BCUT2D eigenvalue weighted by Gasteiger charge is 2.58. The summed E-state index contributed by atoms with van der Waals surface area (Å²) in [6.45, 7) is -1.90. The SMILES string of the molecule is CC(c1cc(Cc2c(OC(=O)c3ccc(Cc4c(O)c5ccccc5oc4=O)cc3C(C(F)(F)F)C(F)(F)F)c3ccccc3oc2=O)ccc1C(=O)Oc1c(Cc2ccc(C(=O)OC(CF)CF)cc2)c(=O)oc2ccccc12)C(F)(F)F. The lowest BCUT2D eigenvalue weighted by Gasteiger charge is -2.25. The van der Waals surface area contributed by atoms with Crippen LogP contribution in [0.25, 0.3) is 32.9 Å². The van der Waals surface area contributed by atoms with Crippen molar-refractivity contribution in [3.8, 4) is 17.2 Å². The molecule has 1 unspecified atom stereocenters. The Labute approximate surface area is 464 Å². The predicted molar refractivity (Wildman–Crippen MR) is 277 cm³/mol. The summed E-state index contributed by atoms with van der Waals surface area (Å²) in [5, 5.41) is 10.7. The molecule has 0 fully saturated rings. The van der Waals surface area contributed by atoms with Crippen molar-refractivity contribution < 1.29 is 95.2 Å². The molecule has 0 saturated heterocycles. The Balaban J connectivity index is 1.09. The fraction of sp³-hybridized carbons (Fsp3) is 0.200. The topological polar surface area (TPSA) is 190 Å². The first kappa shape index (κ1) is 59.0. The van der Waals surface area contributed by atoms with Crippen molar-refractivity contribution in [2.24, 2.45) is 0 Å².